The fourth-order valence-corrected chi connectivity index (χ4v) is 3.89. The van der Waals surface area contributed by atoms with Crippen LogP contribution in [0.3, 0.4) is 0 Å². The van der Waals surface area contributed by atoms with Gasteiger partial charge >= 0.3 is 5.97 Å². The van der Waals surface area contributed by atoms with Gasteiger partial charge in [-0.1, -0.05) is 48.0 Å². The second-order valence-corrected chi connectivity index (χ2v) is 7.79. The first-order valence-electron chi connectivity index (χ1n) is 9.35. The van der Waals surface area contributed by atoms with Crippen LogP contribution in [0.5, 0.6) is 0 Å². The summed E-state index contributed by atoms with van der Waals surface area (Å²) in [5, 5.41) is 0. The molecule has 1 saturated heterocycles. The van der Waals surface area contributed by atoms with Crippen LogP contribution >= 0.6 is 11.8 Å². The minimum absolute atomic E-state index is 0.156. The zero-order valence-electron chi connectivity index (χ0n) is 16.2. The summed E-state index contributed by atoms with van der Waals surface area (Å²) >= 11 is 1.43. The van der Waals surface area contributed by atoms with Crippen LogP contribution in [0.1, 0.15) is 22.8 Å². The number of amides is 1. The molecular weight excluding hydrogens is 374 g/mol. The molecule has 5 nitrogen and oxygen atoms in total. The number of nitrogens with zero attached hydrogens (tertiary/aromatic N) is 1. The first kappa shape index (κ1) is 20.4. The minimum atomic E-state index is -0.925. The lowest BCUT2D eigenvalue weighted by molar-refractivity contribution is -0.160. The predicted molar refractivity (Wildman–Crippen MR) is 109 cm³/mol. The van der Waals surface area contributed by atoms with Gasteiger partial charge in [-0.3, -0.25) is 9.59 Å². The Kier molecular flexibility index (Phi) is 7.12. The van der Waals surface area contributed by atoms with Gasteiger partial charge in [-0.05, 0) is 25.5 Å². The number of ether oxygens (including phenoxy) is 2. The van der Waals surface area contributed by atoms with Gasteiger partial charge in [0.1, 0.15) is 0 Å². The third kappa shape index (κ3) is 5.36. The van der Waals surface area contributed by atoms with E-state index < -0.39 is 12.1 Å². The zero-order valence-corrected chi connectivity index (χ0v) is 17.0. The fourth-order valence-electron chi connectivity index (χ4n) is 3.10. The van der Waals surface area contributed by atoms with Crippen molar-refractivity contribution in [2.45, 2.75) is 24.8 Å². The summed E-state index contributed by atoms with van der Waals surface area (Å²) in [6, 6.07) is 15.3. The number of benzene rings is 2. The molecule has 3 rings (SSSR count). The van der Waals surface area contributed by atoms with Crippen molar-refractivity contribution in [2.75, 3.05) is 32.1 Å². The normalized spacial score (nSPS) is 15.1. The Morgan fingerprint density at radius 2 is 1.82 bits per heavy atom. The number of hydrogen-bond acceptors (Lipinski definition) is 5. The average molecular weight is 400 g/mol. The molecule has 148 valence electrons. The van der Waals surface area contributed by atoms with Crippen LogP contribution in [0.25, 0.3) is 0 Å². The molecular formula is C22H25NO4S. The minimum Gasteiger partial charge on any atom is -0.447 e. The Bertz CT molecular complexity index is 819. The average Bonchev–Trinajstić information content (AvgIpc) is 2.72. The number of esters is 1. The van der Waals surface area contributed by atoms with E-state index >= 15 is 0 Å². The third-order valence-corrected chi connectivity index (χ3v) is 5.72. The molecule has 1 aliphatic heterocycles. The van der Waals surface area contributed by atoms with Crippen molar-refractivity contribution in [3.05, 3.63) is 65.2 Å². The number of aryl methyl sites for hydroxylation is 2. The molecule has 0 unspecified atom stereocenters. The van der Waals surface area contributed by atoms with Crippen molar-refractivity contribution in [3.63, 3.8) is 0 Å². The largest absolute Gasteiger partial charge is 0.447 e. The van der Waals surface area contributed by atoms with E-state index in [1.807, 2.05) is 56.3 Å². The van der Waals surface area contributed by atoms with E-state index in [-0.39, 0.29) is 11.7 Å². The molecule has 0 N–H and O–H groups in total. The Balaban J connectivity index is 1.68. The smallest absolute Gasteiger partial charge is 0.317 e. The molecule has 1 amide bonds. The van der Waals surface area contributed by atoms with E-state index in [0.29, 0.717) is 31.9 Å². The predicted octanol–water partition coefficient (Wildman–Crippen LogP) is 3.54. The zero-order chi connectivity index (χ0) is 19.9. The molecule has 2 aromatic rings. The maximum absolute atomic E-state index is 13.0. The van der Waals surface area contributed by atoms with Crippen LogP contribution in [0, 0.1) is 13.8 Å². The lowest BCUT2D eigenvalue weighted by atomic mass is 10.1. The Labute approximate surface area is 170 Å². The molecule has 0 aliphatic carbocycles. The molecule has 0 saturated carbocycles. The fraction of sp³-hybridized carbons (Fsp3) is 0.364. The van der Waals surface area contributed by atoms with Crippen molar-refractivity contribution < 1.29 is 19.1 Å². The van der Waals surface area contributed by atoms with Gasteiger partial charge in [-0.15, -0.1) is 11.8 Å². The van der Waals surface area contributed by atoms with E-state index in [9.17, 15) is 9.59 Å². The van der Waals surface area contributed by atoms with Gasteiger partial charge in [0.2, 0.25) is 6.10 Å². The topological polar surface area (TPSA) is 55.8 Å². The number of carbonyl (C=O) groups is 2. The number of hydrogen-bond donors (Lipinski definition) is 0. The van der Waals surface area contributed by atoms with Crippen molar-refractivity contribution in [3.8, 4) is 0 Å². The van der Waals surface area contributed by atoms with Crippen molar-refractivity contribution in [1.82, 2.24) is 4.90 Å². The van der Waals surface area contributed by atoms with Crippen LogP contribution in [0.15, 0.2) is 53.4 Å². The third-order valence-electron chi connectivity index (χ3n) is 4.57. The van der Waals surface area contributed by atoms with Crippen molar-refractivity contribution >= 4 is 23.6 Å². The Morgan fingerprint density at radius 1 is 1.11 bits per heavy atom. The summed E-state index contributed by atoms with van der Waals surface area (Å²) in [7, 11) is 0. The molecule has 0 aromatic heterocycles. The van der Waals surface area contributed by atoms with Gasteiger partial charge < -0.3 is 14.4 Å². The lowest BCUT2D eigenvalue weighted by Crippen LogP contribution is -2.44. The van der Waals surface area contributed by atoms with Crippen molar-refractivity contribution in [2.24, 2.45) is 0 Å². The molecule has 2 aromatic carbocycles. The molecule has 6 heteroatoms. The van der Waals surface area contributed by atoms with E-state index in [2.05, 4.69) is 6.07 Å². The highest BCUT2D eigenvalue weighted by atomic mass is 32.2. The van der Waals surface area contributed by atoms with Crippen LogP contribution in [0.4, 0.5) is 0 Å². The second-order valence-electron chi connectivity index (χ2n) is 6.78. The summed E-state index contributed by atoms with van der Waals surface area (Å²) in [4.78, 5) is 28.3. The molecule has 1 aliphatic rings. The highest BCUT2D eigenvalue weighted by Gasteiger charge is 2.30. The Hall–Kier alpha value is -2.31. The Morgan fingerprint density at radius 3 is 2.50 bits per heavy atom. The SMILES string of the molecule is Cc1ccc(SCC(=O)O[C@@H](C(=O)N2CCOCC2)c2ccccc2)c(C)c1. The van der Waals surface area contributed by atoms with Crippen LogP contribution in [-0.2, 0) is 19.1 Å². The molecule has 0 bridgehead atoms. The van der Waals surface area contributed by atoms with Gasteiger partial charge in [0.15, 0.2) is 0 Å². The lowest BCUT2D eigenvalue weighted by Gasteiger charge is -2.30. The highest BCUT2D eigenvalue weighted by molar-refractivity contribution is 8.00. The second kappa shape index (κ2) is 9.75. The summed E-state index contributed by atoms with van der Waals surface area (Å²) in [6.07, 6.45) is -0.925. The maximum atomic E-state index is 13.0. The first-order chi connectivity index (χ1) is 13.5. The number of morpholine rings is 1. The summed E-state index contributed by atoms with van der Waals surface area (Å²) in [6.45, 7) is 6.09. The van der Waals surface area contributed by atoms with Gasteiger partial charge in [0, 0.05) is 23.5 Å². The first-order valence-corrected chi connectivity index (χ1v) is 10.3. The molecule has 28 heavy (non-hydrogen) atoms. The molecule has 0 spiro atoms. The van der Waals surface area contributed by atoms with Crippen molar-refractivity contribution in [1.29, 1.82) is 0 Å². The van der Waals surface area contributed by atoms with Gasteiger partial charge in [-0.25, -0.2) is 0 Å². The number of thioether (sulfide) groups is 1. The quantitative estimate of drug-likeness (QED) is 0.549. The van der Waals surface area contributed by atoms with Gasteiger partial charge in [0.25, 0.3) is 5.91 Å². The summed E-state index contributed by atoms with van der Waals surface area (Å²) < 4.78 is 11.0. The number of carbonyl (C=O) groups excluding carboxylic acids is 2. The van der Waals surface area contributed by atoms with Gasteiger partial charge in [0.05, 0.1) is 19.0 Å². The van der Waals surface area contributed by atoms with Crippen LogP contribution in [0.2, 0.25) is 0 Å². The van der Waals surface area contributed by atoms with Crippen LogP contribution in [-0.4, -0.2) is 48.8 Å². The van der Waals surface area contributed by atoms with E-state index in [4.69, 9.17) is 9.47 Å². The standard InChI is InChI=1S/C22H25NO4S/c1-16-8-9-19(17(2)14-16)28-15-20(24)27-21(18-6-4-3-5-7-18)22(25)23-10-12-26-13-11-23/h3-9,14,21H,10-13,15H2,1-2H3/t21-/m1/s1. The van der Waals surface area contributed by atoms with Crippen LogP contribution < -0.4 is 0 Å². The summed E-state index contributed by atoms with van der Waals surface area (Å²) in [5.41, 5.74) is 3.00. The highest BCUT2D eigenvalue weighted by Crippen LogP contribution is 2.26. The monoisotopic (exact) mass is 399 g/mol. The summed E-state index contributed by atoms with van der Waals surface area (Å²) in [5.74, 6) is -0.441. The molecule has 1 atom stereocenters. The van der Waals surface area contributed by atoms with E-state index in [0.717, 1.165) is 10.5 Å². The number of rotatable bonds is 6. The molecule has 0 radical (unpaired) electrons. The van der Waals surface area contributed by atoms with Gasteiger partial charge in [-0.2, -0.15) is 0 Å². The molecule has 1 fully saturated rings. The molecule has 1 heterocycles. The maximum Gasteiger partial charge on any atom is 0.317 e. The van der Waals surface area contributed by atoms with E-state index in [1.165, 1.54) is 17.3 Å². The van der Waals surface area contributed by atoms with E-state index in [1.54, 1.807) is 4.90 Å².